The first kappa shape index (κ1) is 26.9. The molecular formula is C29H40N4O4. The normalized spacial score (nSPS) is 15.5. The minimum absolute atomic E-state index is 0.0161. The molecule has 1 saturated carbocycles. The third kappa shape index (κ3) is 8.20. The number of rotatable bonds is 13. The first-order valence-electron chi connectivity index (χ1n) is 13.6. The SMILES string of the molecule is O=C1COc2c(CCNCCN(C(=O)CCNCCc3ccccc3)C3CCCCC3)cc(O)cc2N1. The molecule has 4 rings (SSSR count). The van der Waals surface area contributed by atoms with Gasteiger partial charge in [0, 0.05) is 43.7 Å². The first-order chi connectivity index (χ1) is 18.1. The molecule has 1 aliphatic carbocycles. The lowest BCUT2D eigenvalue weighted by Crippen LogP contribution is -2.45. The third-order valence-electron chi connectivity index (χ3n) is 7.16. The molecule has 0 spiro atoms. The average Bonchev–Trinajstić information content (AvgIpc) is 2.91. The number of hydrogen-bond donors (Lipinski definition) is 4. The summed E-state index contributed by atoms with van der Waals surface area (Å²) in [5, 5.41) is 19.6. The highest BCUT2D eigenvalue weighted by atomic mass is 16.5. The largest absolute Gasteiger partial charge is 0.508 e. The smallest absolute Gasteiger partial charge is 0.262 e. The first-order valence-corrected chi connectivity index (χ1v) is 13.6. The molecule has 1 heterocycles. The molecule has 0 radical (unpaired) electrons. The monoisotopic (exact) mass is 508 g/mol. The Kier molecular flexibility index (Phi) is 10.2. The van der Waals surface area contributed by atoms with Crippen molar-refractivity contribution in [3.63, 3.8) is 0 Å². The summed E-state index contributed by atoms with van der Waals surface area (Å²) in [4.78, 5) is 26.8. The van der Waals surface area contributed by atoms with Gasteiger partial charge < -0.3 is 30.7 Å². The topological polar surface area (TPSA) is 103 Å². The van der Waals surface area contributed by atoms with Gasteiger partial charge in [-0.2, -0.15) is 0 Å². The molecule has 0 atom stereocenters. The van der Waals surface area contributed by atoms with Crippen LogP contribution in [0, 0.1) is 0 Å². The number of nitrogens with zero attached hydrogens (tertiary/aromatic N) is 1. The van der Waals surface area contributed by atoms with Crippen molar-refractivity contribution in [1.29, 1.82) is 0 Å². The van der Waals surface area contributed by atoms with E-state index in [0.717, 1.165) is 31.4 Å². The number of ether oxygens (including phenoxy) is 1. The van der Waals surface area contributed by atoms with Crippen LogP contribution in [-0.4, -0.2) is 67.2 Å². The molecule has 8 nitrogen and oxygen atoms in total. The molecular weight excluding hydrogens is 468 g/mol. The van der Waals surface area contributed by atoms with Gasteiger partial charge in [0.25, 0.3) is 5.91 Å². The van der Waals surface area contributed by atoms with Crippen LogP contribution in [0.25, 0.3) is 0 Å². The molecule has 4 N–H and O–H groups in total. The number of amides is 2. The second-order valence-corrected chi connectivity index (χ2v) is 9.93. The number of phenols is 1. The van der Waals surface area contributed by atoms with Crippen molar-refractivity contribution in [3.8, 4) is 11.5 Å². The van der Waals surface area contributed by atoms with Gasteiger partial charge in [0.15, 0.2) is 6.61 Å². The summed E-state index contributed by atoms with van der Waals surface area (Å²) < 4.78 is 5.60. The maximum atomic E-state index is 13.2. The van der Waals surface area contributed by atoms with Crippen LogP contribution in [0.15, 0.2) is 42.5 Å². The molecule has 8 heteroatoms. The Balaban J connectivity index is 1.21. The molecule has 1 aliphatic heterocycles. The second-order valence-electron chi connectivity index (χ2n) is 9.93. The summed E-state index contributed by atoms with van der Waals surface area (Å²) in [6.45, 7) is 3.63. The lowest BCUT2D eigenvalue weighted by molar-refractivity contribution is -0.134. The maximum absolute atomic E-state index is 13.2. The summed E-state index contributed by atoms with van der Waals surface area (Å²) in [5.41, 5.74) is 2.67. The van der Waals surface area contributed by atoms with Gasteiger partial charge in [-0.1, -0.05) is 49.6 Å². The molecule has 2 aliphatic rings. The number of carbonyl (C=O) groups is 2. The van der Waals surface area contributed by atoms with Crippen molar-refractivity contribution in [2.45, 2.75) is 57.4 Å². The number of fused-ring (bicyclic) bond motifs is 1. The van der Waals surface area contributed by atoms with E-state index in [1.165, 1.54) is 30.9 Å². The summed E-state index contributed by atoms with van der Waals surface area (Å²) in [6, 6.07) is 13.9. The van der Waals surface area contributed by atoms with Crippen LogP contribution in [0.5, 0.6) is 11.5 Å². The fourth-order valence-corrected chi connectivity index (χ4v) is 5.24. The lowest BCUT2D eigenvalue weighted by atomic mass is 9.94. The van der Waals surface area contributed by atoms with Crippen LogP contribution >= 0.6 is 0 Å². The lowest BCUT2D eigenvalue weighted by Gasteiger charge is -2.34. The molecule has 37 heavy (non-hydrogen) atoms. The number of aromatic hydroxyl groups is 1. The maximum Gasteiger partial charge on any atom is 0.262 e. The molecule has 0 unspecified atom stereocenters. The third-order valence-corrected chi connectivity index (χ3v) is 7.16. The predicted octanol–water partition coefficient (Wildman–Crippen LogP) is 3.24. The number of nitrogens with one attached hydrogen (secondary N) is 3. The van der Waals surface area contributed by atoms with Gasteiger partial charge in [0.1, 0.15) is 11.5 Å². The van der Waals surface area contributed by atoms with E-state index in [2.05, 4.69) is 45.1 Å². The number of benzene rings is 2. The van der Waals surface area contributed by atoms with Crippen LogP contribution < -0.4 is 20.7 Å². The molecule has 2 aromatic carbocycles. The van der Waals surface area contributed by atoms with Gasteiger partial charge in [0.2, 0.25) is 5.91 Å². The Labute approximate surface area is 219 Å². The van der Waals surface area contributed by atoms with Crippen LogP contribution in [0.3, 0.4) is 0 Å². The molecule has 200 valence electrons. The van der Waals surface area contributed by atoms with Gasteiger partial charge in [-0.15, -0.1) is 0 Å². The molecule has 0 bridgehead atoms. The second kappa shape index (κ2) is 14.0. The van der Waals surface area contributed by atoms with Gasteiger partial charge in [-0.25, -0.2) is 0 Å². The summed E-state index contributed by atoms with van der Waals surface area (Å²) in [6.07, 6.45) is 7.95. The zero-order valence-corrected chi connectivity index (χ0v) is 21.6. The summed E-state index contributed by atoms with van der Waals surface area (Å²) in [7, 11) is 0. The minimum atomic E-state index is -0.221. The van der Waals surface area contributed by atoms with Crippen molar-refractivity contribution >= 4 is 17.5 Å². The van der Waals surface area contributed by atoms with Gasteiger partial charge >= 0.3 is 0 Å². The van der Waals surface area contributed by atoms with Crippen LogP contribution in [0.4, 0.5) is 5.69 Å². The summed E-state index contributed by atoms with van der Waals surface area (Å²) >= 11 is 0. The van der Waals surface area contributed by atoms with E-state index in [4.69, 9.17) is 4.74 Å². The zero-order valence-electron chi connectivity index (χ0n) is 21.6. The Morgan fingerprint density at radius 3 is 2.57 bits per heavy atom. The molecule has 2 aromatic rings. The van der Waals surface area contributed by atoms with Crippen molar-refractivity contribution in [3.05, 3.63) is 53.6 Å². The van der Waals surface area contributed by atoms with E-state index in [0.29, 0.717) is 56.5 Å². The van der Waals surface area contributed by atoms with Crippen LogP contribution in [0.2, 0.25) is 0 Å². The Hall–Kier alpha value is -3.10. The van der Waals surface area contributed by atoms with Crippen LogP contribution in [0.1, 0.15) is 49.7 Å². The fourth-order valence-electron chi connectivity index (χ4n) is 5.24. The van der Waals surface area contributed by atoms with E-state index < -0.39 is 0 Å². The number of carbonyl (C=O) groups excluding carboxylic acids is 2. The molecule has 0 saturated heterocycles. The predicted molar refractivity (Wildman–Crippen MR) is 145 cm³/mol. The van der Waals surface area contributed by atoms with E-state index in [1.807, 2.05) is 6.07 Å². The highest BCUT2D eigenvalue weighted by Gasteiger charge is 2.25. The highest BCUT2D eigenvalue weighted by Crippen LogP contribution is 2.35. The summed E-state index contributed by atoms with van der Waals surface area (Å²) in [5.74, 6) is 0.733. The average molecular weight is 509 g/mol. The standard InChI is InChI=1S/C29H40N4O4/c34-25-19-23(29-26(20-25)32-27(35)21-37-29)12-15-31-17-18-33(24-9-5-2-6-10-24)28(36)13-16-30-14-11-22-7-3-1-4-8-22/h1,3-4,7-8,19-20,24,30-31,34H,2,5-6,9-18,21H2,(H,32,35). The quantitative estimate of drug-likeness (QED) is 0.310. The Morgan fingerprint density at radius 2 is 1.76 bits per heavy atom. The number of phenolic OH excluding ortho intramolecular Hbond substituents is 1. The van der Waals surface area contributed by atoms with Crippen molar-refractivity contribution in [2.75, 3.05) is 44.6 Å². The van der Waals surface area contributed by atoms with Gasteiger partial charge in [0.05, 0.1) is 5.69 Å². The number of anilines is 1. The Bertz CT molecular complexity index is 1020. The highest BCUT2D eigenvalue weighted by molar-refractivity contribution is 5.96. The Morgan fingerprint density at radius 1 is 1.00 bits per heavy atom. The fraction of sp³-hybridized carbons (Fsp3) is 0.517. The van der Waals surface area contributed by atoms with Crippen molar-refractivity contribution < 1.29 is 19.4 Å². The molecule has 0 aromatic heterocycles. The van der Waals surface area contributed by atoms with E-state index in [-0.39, 0.29) is 24.2 Å². The molecule has 1 fully saturated rings. The van der Waals surface area contributed by atoms with Gasteiger partial charge in [-0.05, 0) is 50.4 Å². The van der Waals surface area contributed by atoms with E-state index in [1.54, 1.807) is 6.07 Å². The minimum Gasteiger partial charge on any atom is -0.508 e. The number of hydrogen-bond acceptors (Lipinski definition) is 6. The van der Waals surface area contributed by atoms with Crippen molar-refractivity contribution in [2.24, 2.45) is 0 Å². The zero-order chi connectivity index (χ0) is 25.9. The van der Waals surface area contributed by atoms with E-state index in [9.17, 15) is 14.7 Å². The van der Waals surface area contributed by atoms with E-state index >= 15 is 0 Å². The van der Waals surface area contributed by atoms with Gasteiger partial charge in [-0.3, -0.25) is 9.59 Å². The van der Waals surface area contributed by atoms with Crippen molar-refractivity contribution in [1.82, 2.24) is 15.5 Å². The van der Waals surface area contributed by atoms with Crippen LogP contribution in [-0.2, 0) is 22.4 Å². The molecule has 2 amide bonds.